The molecule has 0 radical (unpaired) electrons. The van der Waals surface area contributed by atoms with Gasteiger partial charge in [0.05, 0.1) is 33.7 Å². The number of ether oxygens (including phenoxy) is 2. The molecule has 1 aliphatic heterocycles. The molecule has 0 amide bonds. The third-order valence-electron chi connectivity index (χ3n) is 6.38. The Morgan fingerprint density at radius 1 is 1.03 bits per heavy atom. The summed E-state index contributed by atoms with van der Waals surface area (Å²) in [5.74, 6) is 0.476. The number of halogens is 2. The summed E-state index contributed by atoms with van der Waals surface area (Å²) in [6, 6.07) is 18.2. The highest BCUT2D eigenvalue weighted by Gasteiger charge is 2.30. The van der Waals surface area contributed by atoms with E-state index in [1.54, 1.807) is 30.3 Å². The molecule has 5 rings (SSSR count). The van der Waals surface area contributed by atoms with Gasteiger partial charge in [-0.05, 0) is 53.9 Å². The summed E-state index contributed by atoms with van der Waals surface area (Å²) in [5.41, 5.74) is 4.56. The number of nitrogens with zero attached hydrogens (tertiary/aromatic N) is 2. The summed E-state index contributed by atoms with van der Waals surface area (Å²) >= 11 is 12.4. The summed E-state index contributed by atoms with van der Waals surface area (Å²) in [4.78, 5) is 4.96. The van der Waals surface area contributed by atoms with Crippen molar-refractivity contribution in [1.29, 1.82) is 0 Å². The molecule has 0 saturated carbocycles. The Morgan fingerprint density at radius 2 is 1.76 bits per heavy atom. The van der Waals surface area contributed by atoms with Gasteiger partial charge in [0, 0.05) is 29.9 Å². The highest BCUT2D eigenvalue weighted by molar-refractivity contribution is 7.90. The second kappa shape index (κ2) is 10.7. The van der Waals surface area contributed by atoms with Crippen LogP contribution in [-0.2, 0) is 25.9 Å². The van der Waals surface area contributed by atoms with E-state index in [9.17, 15) is 8.42 Å². The normalized spacial score (nSPS) is 17.6. The molecule has 0 saturated heterocycles. The smallest absolute Gasteiger partial charge is 0.224 e. The van der Waals surface area contributed by atoms with Crippen molar-refractivity contribution in [2.24, 2.45) is 4.99 Å². The van der Waals surface area contributed by atoms with Crippen LogP contribution in [0.5, 0.6) is 0 Å². The number of aliphatic hydroxyl groups is 1. The third-order valence-corrected chi connectivity index (χ3v) is 8.25. The quantitative estimate of drug-likeness (QED) is 0.298. The van der Waals surface area contributed by atoms with Gasteiger partial charge in [0.15, 0.2) is 9.84 Å². The van der Waals surface area contributed by atoms with Crippen LogP contribution in [-0.4, -0.2) is 55.8 Å². The molecule has 38 heavy (non-hydrogen) atoms. The number of benzene rings is 3. The molecular formula is C28H26Cl2N2O5S. The molecular weight excluding hydrogens is 547 g/mol. The van der Waals surface area contributed by atoms with E-state index in [0.29, 0.717) is 22.5 Å². The van der Waals surface area contributed by atoms with Gasteiger partial charge in [-0.3, -0.25) is 0 Å². The van der Waals surface area contributed by atoms with E-state index in [1.165, 1.54) is 6.26 Å². The lowest BCUT2D eigenvalue weighted by Crippen LogP contribution is -2.25. The van der Waals surface area contributed by atoms with Crippen LogP contribution < -0.4 is 0 Å². The van der Waals surface area contributed by atoms with Crippen molar-refractivity contribution in [3.05, 3.63) is 88.0 Å². The van der Waals surface area contributed by atoms with E-state index in [1.807, 2.05) is 37.4 Å². The second-order valence-corrected chi connectivity index (χ2v) is 12.0. The Labute approximate surface area is 231 Å². The number of aliphatic imine (C=N–C) groups is 1. The minimum absolute atomic E-state index is 0.0984. The molecule has 198 valence electrons. The van der Waals surface area contributed by atoms with Crippen molar-refractivity contribution in [2.75, 3.05) is 19.5 Å². The zero-order valence-corrected chi connectivity index (χ0v) is 23.1. The number of aromatic nitrogens is 1. The monoisotopic (exact) mass is 572 g/mol. The van der Waals surface area contributed by atoms with Crippen LogP contribution in [0.3, 0.4) is 0 Å². The Balaban J connectivity index is 1.57. The molecule has 7 nitrogen and oxygen atoms in total. The van der Waals surface area contributed by atoms with Gasteiger partial charge in [0.2, 0.25) is 12.2 Å². The van der Waals surface area contributed by atoms with E-state index >= 15 is 0 Å². The zero-order chi connectivity index (χ0) is 27.0. The summed E-state index contributed by atoms with van der Waals surface area (Å²) in [5, 5.41) is 11.0. The van der Waals surface area contributed by atoms with Gasteiger partial charge in [0.25, 0.3) is 0 Å². The van der Waals surface area contributed by atoms with E-state index in [2.05, 4.69) is 15.6 Å². The molecule has 1 N–H and O–H groups in total. The van der Waals surface area contributed by atoms with Gasteiger partial charge >= 0.3 is 0 Å². The highest BCUT2D eigenvalue weighted by atomic mass is 35.5. The predicted octanol–water partition coefficient (Wildman–Crippen LogP) is 5.57. The highest BCUT2D eigenvalue weighted by Crippen LogP contribution is 2.32. The number of fused-ring (bicyclic) bond motifs is 1. The maximum Gasteiger partial charge on any atom is 0.224 e. The fraction of sp³-hybridized carbons (Fsp3) is 0.250. The van der Waals surface area contributed by atoms with Crippen LogP contribution >= 0.6 is 23.2 Å². The fourth-order valence-corrected chi connectivity index (χ4v) is 5.41. The lowest BCUT2D eigenvalue weighted by Gasteiger charge is -2.14. The largest absolute Gasteiger partial charge is 0.445 e. The van der Waals surface area contributed by atoms with Gasteiger partial charge < -0.3 is 19.1 Å². The van der Waals surface area contributed by atoms with Gasteiger partial charge in [-0.2, -0.15) is 0 Å². The van der Waals surface area contributed by atoms with Crippen LogP contribution in [0, 0.1) is 0 Å². The zero-order valence-electron chi connectivity index (χ0n) is 20.8. The standard InChI is InChI=1S/C28H26Cl2N2O5S/c1-17-28(36-12-11-33)37-27(31-17)23-16-32(15-18-3-10-24(29)25(30)13-18)26-14-20(6-9-22(23)26)19-4-7-21(8-5-19)38(2,34)35/h3-10,13-14,16-17,28,33H,11-12,15H2,1-2H3/t17-,28-/m1/s1. The Hall–Kier alpha value is -2.88. The molecule has 2 heterocycles. The number of hydrogen-bond donors (Lipinski definition) is 1. The Kier molecular flexibility index (Phi) is 7.53. The van der Waals surface area contributed by atoms with E-state index in [0.717, 1.165) is 33.2 Å². The number of rotatable bonds is 8. The van der Waals surface area contributed by atoms with Crippen LogP contribution in [0.1, 0.15) is 18.1 Å². The number of sulfone groups is 1. The third kappa shape index (κ3) is 5.46. The van der Waals surface area contributed by atoms with Crippen molar-refractivity contribution in [3.8, 4) is 11.1 Å². The number of aliphatic hydroxyl groups excluding tert-OH is 1. The van der Waals surface area contributed by atoms with Crippen molar-refractivity contribution in [3.63, 3.8) is 0 Å². The molecule has 10 heteroatoms. The first-order valence-corrected chi connectivity index (χ1v) is 14.6. The molecule has 3 aromatic carbocycles. The van der Waals surface area contributed by atoms with Crippen LogP contribution in [0.25, 0.3) is 22.0 Å². The molecule has 0 spiro atoms. The maximum absolute atomic E-state index is 11.9. The molecule has 0 bridgehead atoms. The maximum atomic E-state index is 11.9. The van der Waals surface area contributed by atoms with Crippen molar-refractivity contribution < 1.29 is 23.0 Å². The minimum Gasteiger partial charge on any atom is -0.445 e. The first-order valence-electron chi connectivity index (χ1n) is 12.0. The Bertz CT molecular complexity index is 1630. The van der Waals surface area contributed by atoms with Crippen molar-refractivity contribution in [2.45, 2.75) is 30.7 Å². The summed E-state index contributed by atoms with van der Waals surface area (Å²) < 4.78 is 37.5. The molecule has 1 aromatic heterocycles. The van der Waals surface area contributed by atoms with Crippen LogP contribution in [0.2, 0.25) is 10.0 Å². The average Bonchev–Trinajstić information content (AvgIpc) is 3.44. The Morgan fingerprint density at radius 3 is 2.45 bits per heavy atom. The van der Waals surface area contributed by atoms with Gasteiger partial charge in [-0.15, -0.1) is 0 Å². The first kappa shape index (κ1) is 26.7. The molecule has 4 aromatic rings. The fourth-order valence-electron chi connectivity index (χ4n) is 4.46. The van der Waals surface area contributed by atoms with Crippen LogP contribution in [0.4, 0.5) is 0 Å². The molecule has 0 aliphatic carbocycles. The lowest BCUT2D eigenvalue weighted by atomic mass is 10.0. The molecule has 0 fully saturated rings. The van der Waals surface area contributed by atoms with Gasteiger partial charge in [-0.25, -0.2) is 13.4 Å². The van der Waals surface area contributed by atoms with E-state index in [-0.39, 0.29) is 24.2 Å². The molecule has 2 atom stereocenters. The van der Waals surface area contributed by atoms with Crippen LogP contribution in [0.15, 0.2) is 76.7 Å². The van der Waals surface area contributed by atoms with E-state index in [4.69, 9.17) is 37.8 Å². The predicted molar refractivity (Wildman–Crippen MR) is 150 cm³/mol. The minimum atomic E-state index is -3.28. The van der Waals surface area contributed by atoms with Gasteiger partial charge in [0.1, 0.15) is 6.04 Å². The van der Waals surface area contributed by atoms with E-state index < -0.39 is 16.1 Å². The molecule has 0 unspecified atom stereocenters. The summed E-state index contributed by atoms with van der Waals surface area (Å²) in [7, 11) is -3.28. The average molecular weight is 573 g/mol. The second-order valence-electron chi connectivity index (χ2n) is 9.20. The molecule has 1 aliphatic rings. The SMILES string of the molecule is C[C@H]1N=C(c2cn(Cc3ccc(Cl)c(Cl)c3)c3cc(-c4ccc(S(C)(=O)=O)cc4)ccc23)O[C@H]1OCCO. The lowest BCUT2D eigenvalue weighted by molar-refractivity contribution is -0.0931. The van der Waals surface area contributed by atoms with Crippen molar-refractivity contribution in [1.82, 2.24) is 4.57 Å². The first-order chi connectivity index (χ1) is 18.1. The topological polar surface area (TPSA) is 90.1 Å². The number of hydrogen-bond acceptors (Lipinski definition) is 6. The van der Waals surface area contributed by atoms with Crippen molar-refractivity contribution >= 4 is 49.8 Å². The summed E-state index contributed by atoms with van der Waals surface area (Å²) in [6.07, 6.45) is 2.61. The summed E-state index contributed by atoms with van der Waals surface area (Å²) in [6.45, 7) is 2.50. The van der Waals surface area contributed by atoms with Gasteiger partial charge in [-0.1, -0.05) is 53.5 Å².